The van der Waals surface area contributed by atoms with Crippen LogP contribution in [0.1, 0.15) is 39.0 Å². The number of nitrogens with zero attached hydrogens (tertiary/aromatic N) is 1. The Bertz CT molecular complexity index is 254. The second-order valence-electron chi connectivity index (χ2n) is 5.49. The van der Waals surface area contributed by atoms with Gasteiger partial charge in [0.15, 0.2) is 0 Å². The highest BCUT2D eigenvalue weighted by Gasteiger charge is 2.34. The van der Waals surface area contributed by atoms with E-state index in [1.54, 1.807) is 0 Å². The quantitative estimate of drug-likeness (QED) is 0.776. The first-order valence-corrected chi connectivity index (χ1v) is 6.62. The number of aliphatic hydroxyl groups excluding tert-OH is 1. The molecular weight excluding hydrogens is 202 g/mol. The van der Waals surface area contributed by atoms with Crippen LogP contribution >= 0.6 is 0 Å². The van der Waals surface area contributed by atoms with E-state index < -0.39 is 0 Å². The molecule has 1 amide bonds. The van der Waals surface area contributed by atoms with Gasteiger partial charge in [0, 0.05) is 25.6 Å². The molecule has 0 aromatic carbocycles. The van der Waals surface area contributed by atoms with Crippen molar-refractivity contribution in [3.8, 4) is 0 Å². The summed E-state index contributed by atoms with van der Waals surface area (Å²) < 4.78 is 0. The Morgan fingerprint density at radius 2 is 2.12 bits per heavy atom. The Hall–Kier alpha value is -0.570. The minimum atomic E-state index is 0.226. The minimum absolute atomic E-state index is 0.226. The Morgan fingerprint density at radius 3 is 2.75 bits per heavy atom. The fourth-order valence-corrected chi connectivity index (χ4v) is 3.16. The van der Waals surface area contributed by atoms with Gasteiger partial charge in [-0.1, -0.05) is 13.3 Å². The highest BCUT2D eigenvalue weighted by atomic mass is 16.3. The van der Waals surface area contributed by atoms with Crippen molar-refractivity contribution in [2.75, 3.05) is 19.7 Å². The second kappa shape index (κ2) is 5.17. The minimum Gasteiger partial charge on any atom is -0.396 e. The van der Waals surface area contributed by atoms with Gasteiger partial charge in [0.2, 0.25) is 5.91 Å². The van der Waals surface area contributed by atoms with Crippen LogP contribution in [0.2, 0.25) is 0 Å². The summed E-state index contributed by atoms with van der Waals surface area (Å²) in [5, 5.41) is 9.17. The average Bonchev–Trinajstić information content (AvgIpc) is 2.74. The van der Waals surface area contributed by atoms with E-state index in [4.69, 9.17) is 5.11 Å². The molecule has 3 heteroatoms. The summed E-state index contributed by atoms with van der Waals surface area (Å²) in [5.74, 6) is 1.48. The summed E-state index contributed by atoms with van der Waals surface area (Å²) in [4.78, 5) is 14.3. The Morgan fingerprint density at radius 1 is 1.31 bits per heavy atom. The van der Waals surface area contributed by atoms with E-state index in [1.807, 2.05) is 4.90 Å². The van der Waals surface area contributed by atoms with E-state index in [-0.39, 0.29) is 12.5 Å². The molecular formula is C13H23NO2. The first kappa shape index (κ1) is 11.9. The lowest BCUT2D eigenvalue weighted by molar-refractivity contribution is -0.138. The third-order valence-corrected chi connectivity index (χ3v) is 4.27. The SMILES string of the molecule is CC1CCCC1C(=O)N1CCCC(CO)C1. The van der Waals surface area contributed by atoms with Crippen LogP contribution in [0.15, 0.2) is 0 Å². The van der Waals surface area contributed by atoms with Crippen LogP contribution in [0.3, 0.4) is 0 Å². The fourth-order valence-electron chi connectivity index (χ4n) is 3.16. The summed E-state index contributed by atoms with van der Waals surface area (Å²) >= 11 is 0. The van der Waals surface area contributed by atoms with Crippen molar-refractivity contribution in [2.45, 2.75) is 39.0 Å². The molecule has 1 aliphatic heterocycles. The van der Waals surface area contributed by atoms with Gasteiger partial charge in [-0.15, -0.1) is 0 Å². The number of carbonyl (C=O) groups excluding carboxylic acids is 1. The number of hydrogen-bond donors (Lipinski definition) is 1. The molecule has 1 N–H and O–H groups in total. The third kappa shape index (κ3) is 2.40. The van der Waals surface area contributed by atoms with Gasteiger partial charge >= 0.3 is 0 Å². The molecule has 1 heterocycles. The lowest BCUT2D eigenvalue weighted by atomic mass is 9.93. The number of carbonyl (C=O) groups is 1. The highest BCUT2D eigenvalue weighted by molar-refractivity contribution is 5.79. The van der Waals surface area contributed by atoms with Crippen LogP contribution in [0.5, 0.6) is 0 Å². The van der Waals surface area contributed by atoms with Crippen LogP contribution in [0, 0.1) is 17.8 Å². The number of hydrogen-bond acceptors (Lipinski definition) is 2. The Kier molecular flexibility index (Phi) is 3.85. The maximum absolute atomic E-state index is 12.3. The van der Waals surface area contributed by atoms with Gasteiger partial charge in [-0.2, -0.15) is 0 Å². The maximum atomic E-state index is 12.3. The predicted molar refractivity (Wildman–Crippen MR) is 62.9 cm³/mol. The van der Waals surface area contributed by atoms with Crippen molar-refractivity contribution in [3.05, 3.63) is 0 Å². The molecule has 0 spiro atoms. The molecule has 1 saturated carbocycles. The molecule has 16 heavy (non-hydrogen) atoms. The van der Waals surface area contributed by atoms with Gasteiger partial charge in [0.1, 0.15) is 0 Å². The smallest absolute Gasteiger partial charge is 0.225 e. The zero-order valence-corrected chi connectivity index (χ0v) is 10.2. The van der Waals surface area contributed by atoms with Crippen LogP contribution < -0.4 is 0 Å². The van der Waals surface area contributed by atoms with Crippen LogP contribution in [0.4, 0.5) is 0 Å². The van der Waals surface area contributed by atoms with E-state index in [2.05, 4.69) is 6.92 Å². The summed E-state index contributed by atoms with van der Waals surface area (Å²) in [6.45, 7) is 4.10. The fraction of sp³-hybridized carbons (Fsp3) is 0.923. The van der Waals surface area contributed by atoms with Gasteiger partial charge in [0.25, 0.3) is 0 Å². The molecule has 3 atom stereocenters. The molecule has 2 rings (SSSR count). The average molecular weight is 225 g/mol. The van der Waals surface area contributed by atoms with Crippen molar-refractivity contribution in [2.24, 2.45) is 17.8 Å². The summed E-state index contributed by atoms with van der Waals surface area (Å²) in [6, 6.07) is 0. The molecule has 1 aliphatic carbocycles. The molecule has 0 aromatic heterocycles. The van der Waals surface area contributed by atoms with Crippen molar-refractivity contribution < 1.29 is 9.90 Å². The van der Waals surface area contributed by atoms with Gasteiger partial charge < -0.3 is 10.0 Å². The van der Waals surface area contributed by atoms with Gasteiger partial charge in [-0.25, -0.2) is 0 Å². The van der Waals surface area contributed by atoms with E-state index >= 15 is 0 Å². The number of piperidine rings is 1. The molecule has 2 fully saturated rings. The molecule has 3 unspecified atom stereocenters. The predicted octanol–water partition coefficient (Wildman–Crippen LogP) is 1.65. The molecule has 3 nitrogen and oxygen atoms in total. The zero-order chi connectivity index (χ0) is 11.5. The standard InChI is InChI=1S/C13H23NO2/c1-10-4-2-6-12(10)13(16)14-7-3-5-11(8-14)9-15/h10-12,15H,2-9H2,1H3. The van der Waals surface area contributed by atoms with Gasteiger partial charge in [-0.3, -0.25) is 4.79 Å². The summed E-state index contributed by atoms with van der Waals surface area (Å²) in [7, 11) is 0. The van der Waals surface area contributed by atoms with E-state index in [9.17, 15) is 4.79 Å². The molecule has 1 saturated heterocycles. The lowest BCUT2D eigenvalue weighted by Gasteiger charge is -2.34. The zero-order valence-electron chi connectivity index (χ0n) is 10.2. The molecule has 92 valence electrons. The van der Waals surface area contributed by atoms with E-state index in [0.717, 1.165) is 32.4 Å². The first-order valence-electron chi connectivity index (χ1n) is 6.62. The monoisotopic (exact) mass is 225 g/mol. The largest absolute Gasteiger partial charge is 0.396 e. The van der Waals surface area contributed by atoms with Crippen molar-refractivity contribution >= 4 is 5.91 Å². The van der Waals surface area contributed by atoms with E-state index in [1.165, 1.54) is 12.8 Å². The number of amides is 1. The molecule has 0 bridgehead atoms. The maximum Gasteiger partial charge on any atom is 0.225 e. The Balaban J connectivity index is 1.93. The van der Waals surface area contributed by atoms with E-state index in [0.29, 0.717) is 17.7 Å². The first-order chi connectivity index (χ1) is 7.72. The number of rotatable bonds is 2. The molecule has 0 radical (unpaired) electrons. The number of likely N-dealkylation sites (tertiary alicyclic amines) is 1. The number of aliphatic hydroxyl groups is 1. The van der Waals surface area contributed by atoms with Crippen LogP contribution in [0.25, 0.3) is 0 Å². The Labute approximate surface area is 97.8 Å². The normalized spacial score (nSPS) is 35.4. The van der Waals surface area contributed by atoms with Crippen LogP contribution in [-0.2, 0) is 4.79 Å². The van der Waals surface area contributed by atoms with Crippen molar-refractivity contribution in [1.29, 1.82) is 0 Å². The van der Waals surface area contributed by atoms with Gasteiger partial charge in [-0.05, 0) is 37.5 Å². The lowest BCUT2D eigenvalue weighted by Crippen LogP contribution is -2.44. The highest BCUT2D eigenvalue weighted by Crippen LogP contribution is 2.33. The summed E-state index contributed by atoms with van der Waals surface area (Å²) in [6.07, 6.45) is 5.60. The van der Waals surface area contributed by atoms with Crippen LogP contribution in [-0.4, -0.2) is 35.6 Å². The topological polar surface area (TPSA) is 40.5 Å². The molecule has 0 aromatic rings. The van der Waals surface area contributed by atoms with Crippen molar-refractivity contribution in [3.63, 3.8) is 0 Å². The third-order valence-electron chi connectivity index (χ3n) is 4.27. The molecule has 2 aliphatic rings. The van der Waals surface area contributed by atoms with Gasteiger partial charge in [0.05, 0.1) is 0 Å². The second-order valence-corrected chi connectivity index (χ2v) is 5.49. The summed E-state index contributed by atoms with van der Waals surface area (Å²) in [5.41, 5.74) is 0. The van der Waals surface area contributed by atoms with Crippen molar-refractivity contribution in [1.82, 2.24) is 4.90 Å².